The van der Waals surface area contributed by atoms with Crippen molar-refractivity contribution in [1.29, 1.82) is 0 Å². The third-order valence-electron chi connectivity index (χ3n) is 11.1. The molecule has 0 aromatic rings. The summed E-state index contributed by atoms with van der Waals surface area (Å²) in [5, 5.41) is 11.1. The zero-order valence-corrected chi connectivity index (χ0v) is 20.6. The molecule has 0 amide bonds. The molecule has 0 bridgehead atoms. The van der Waals surface area contributed by atoms with Crippen LogP contribution in [0.5, 0.6) is 0 Å². The van der Waals surface area contributed by atoms with Gasteiger partial charge in [0.05, 0.1) is 6.10 Å². The fourth-order valence-corrected chi connectivity index (χ4v) is 9.84. The molecule has 32 heavy (non-hydrogen) atoms. The van der Waals surface area contributed by atoms with Crippen LogP contribution in [0.4, 0.5) is 0 Å². The first-order valence-corrected chi connectivity index (χ1v) is 12.6. The highest BCUT2D eigenvalue weighted by molar-refractivity contribution is 5.86. The van der Waals surface area contributed by atoms with E-state index in [0.717, 1.165) is 12.8 Å². The number of aliphatic hydroxyl groups is 1. The van der Waals surface area contributed by atoms with Gasteiger partial charge in [0.25, 0.3) is 0 Å². The Morgan fingerprint density at radius 2 is 1.72 bits per heavy atom. The van der Waals surface area contributed by atoms with Gasteiger partial charge in [-0.3, -0.25) is 4.79 Å². The molecule has 1 unspecified atom stereocenters. The molecule has 178 valence electrons. The first kappa shape index (κ1) is 22.4. The highest BCUT2D eigenvalue weighted by atomic mass is 16.6. The molecule has 0 saturated heterocycles. The van der Waals surface area contributed by atoms with Crippen LogP contribution in [0.3, 0.4) is 0 Å². The summed E-state index contributed by atoms with van der Waals surface area (Å²) in [7, 11) is 0. The Kier molecular flexibility index (Phi) is 4.79. The van der Waals surface area contributed by atoms with Gasteiger partial charge in [-0.2, -0.15) is 0 Å². The Hall–Kier alpha value is -1.36. The number of rotatable bonds is 1. The Morgan fingerprint density at radius 1 is 1.03 bits per heavy atom. The first-order valence-electron chi connectivity index (χ1n) is 12.6. The van der Waals surface area contributed by atoms with E-state index in [4.69, 9.17) is 9.47 Å². The van der Waals surface area contributed by atoms with Crippen molar-refractivity contribution < 1.29 is 24.2 Å². The van der Waals surface area contributed by atoms with Crippen molar-refractivity contribution in [1.82, 2.24) is 0 Å². The molecule has 0 spiro atoms. The van der Waals surface area contributed by atoms with Gasteiger partial charge in [0.2, 0.25) is 0 Å². The van der Waals surface area contributed by atoms with Crippen LogP contribution in [-0.4, -0.2) is 35.4 Å². The number of ether oxygens (including phenoxy) is 2. The summed E-state index contributed by atoms with van der Waals surface area (Å²) in [6.45, 7) is 13.4. The maximum atomic E-state index is 12.3. The van der Waals surface area contributed by atoms with E-state index in [1.807, 2.05) is 0 Å². The van der Waals surface area contributed by atoms with E-state index in [-0.39, 0.29) is 34.8 Å². The van der Waals surface area contributed by atoms with Gasteiger partial charge < -0.3 is 14.6 Å². The van der Waals surface area contributed by atoms with Gasteiger partial charge in [-0.05, 0) is 72.5 Å². The van der Waals surface area contributed by atoms with Crippen LogP contribution in [0, 0.1) is 39.4 Å². The molecule has 1 aliphatic heterocycles. The van der Waals surface area contributed by atoms with E-state index in [2.05, 4.69) is 34.6 Å². The van der Waals surface area contributed by atoms with Gasteiger partial charge in [-0.15, -0.1) is 0 Å². The number of hydrogen-bond acceptors (Lipinski definition) is 5. The highest BCUT2D eigenvalue weighted by Gasteiger charge is 2.71. The molecule has 4 saturated carbocycles. The topological polar surface area (TPSA) is 72.8 Å². The average Bonchev–Trinajstić information content (AvgIpc) is 3.08. The normalized spacial score (nSPS) is 51.3. The van der Waals surface area contributed by atoms with Crippen LogP contribution in [0.15, 0.2) is 11.6 Å². The fourth-order valence-electron chi connectivity index (χ4n) is 9.84. The maximum Gasteiger partial charge on any atom is 0.331 e. The summed E-state index contributed by atoms with van der Waals surface area (Å²) in [5.41, 5.74) is 0.649. The second-order valence-electron chi connectivity index (χ2n) is 13.0. The third kappa shape index (κ3) is 2.78. The van der Waals surface area contributed by atoms with Crippen molar-refractivity contribution >= 4 is 11.9 Å². The summed E-state index contributed by atoms with van der Waals surface area (Å²) in [4.78, 5) is 24.5. The molecule has 9 atom stereocenters. The zero-order chi connectivity index (χ0) is 23.3. The summed E-state index contributed by atoms with van der Waals surface area (Å²) < 4.78 is 11.9. The van der Waals surface area contributed by atoms with Crippen LogP contribution < -0.4 is 0 Å². The number of fused-ring (bicyclic) bond motifs is 7. The van der Waals surface area contributed by atoms with E-state index in [1.54, 1.807) is 0 Å². The Morgan fingerprint density at radius 3 is 2.41 bits per heavy atom. The smallest absolute Gasteiger partial charge is 0.331 e. The lowest BCUT2D eigenvalue weighted by molar-refractivity contribution is -0.258. The minimum absolute atomic E-state index is 0.00553. The lowest BCUT2D eigenvalue weighted by Gasteiger charge is -2.70. The predicted octanol–water partition coefficient (Wildman–Crippen LogP) is 4.81. The number of carbonyl (C=O) groups is 2. The lowest BCUT2D eigenvalue weighted by atomic mass is 9.35. The molecule has 5 nitrogen and oxygen atoms in total. The number of esters is 2. The summed E-state index contributed by atoms with van der Waals surface area (Å²) in [6.07, 6.45) is 7.40. The Balaban J connectivity index is 1.63. The molecule has 5 rings (SSSR count). The number of aliphatic hydroxyl groups excluding tert-OH is 1. The van der Waals surface area contributed by atoms with Crippen molar-refractivity contribution in [2.24, 2.45) is 39.4 Å². The molecule has 0 radical (unpaired) electrons. The van der Waals surface area contributed by atoms with Crippen molar-refractivity contribution in [2.45, 2.75) is 105 Å². The highest BCUT2D eigenvalue weighted by Crippen LogP contribution is 2.73. The van der Waals surface area contributed by atoms with Crippen molar-refractivity contribution in [3.63, 3.8) is 0 Å². The second kappa shape index (κ2) is 6.84. The van der Waals surface area contributed by atoms with Gasteiger partial charge in [0.1, 0.15) is 12.2 Å². The minimum Gasteiger partial charge on any atom is -0.462 e. The lowest BCUT2D eigenvalue weighted by Crippen LogP contribution is -2.69. The molecule has 1 heterocycles. The Bertz CT molecular complexity index is 875. The van der Waals surface area contributed by atoms with E-state index in [1.165, 1.54) is 38.7 Å². The van der Waals surface area contributed by atoms with Crippen LogP contribution in [0.2, 0.25) is 0 Å². The van der Waals surface area contributed by atoms with Crippen LogP contribution in [-0.2, 0) is 19.1 Å². The monoisotopic (exact) mass is 444 g/mol. The standard InChI is InChI=1S/C27H40O5/c1-15(28)31-21-14-19-25(4)10-7-9-24(2,3)18(25)8-11-26(19,5)20-13-17(29)16-12-22(30)32-23(16)27(20,21)6/h12,17-21,23,29H,7-11,13-14H2,1-6H3/t17-,18-,19?,20-,21+,23-,25-,26+,27+/m0/s1. The van der Waals surface area contributed by atoms with Crippen molar-refractivity contribution in [3.05, 3.63) is 11.6 Å². The maximum absolute atomic E-state index is 12.3. The van der Waals surface area contributed by atoms with Crippen molar-refractivity contribution in [2.75, 3.05) is 0 Å². The summed E-state index contributed by atoms with van der Waals surface area (Å²) in [5.74, 6) is 0.512. The van der Waals surface area contributed by atoms with Gasteiger partial charge in [0, 0.05) is 24.0 Å². The van der Waals surface area contributed by atoms with E-state index in [9.17, 15) is 14.7 Å². The van der Waals surface area contributed by atoms with Gasteiger partial charge in [-0.25, -0.2) is 4.79 Å². The van der Waals surface area contributed by atoms with Crippen molar-refractivity contribution in [3.8, 4) is 0 Å². The molecule has 0 aromatic carbocycles. The van der Waals surface area contributed by atoms with E-state index >= 15 is 0 Å². The Labute approximate surface area is 192 Å². The average molecular weight is 445 g/mol. The van der Waals surface area contributed by atoms with Gasteiger partial charge >= 0.3 is 11.9 Å². The van der Waals surface area contributed by atoms with E-state index in [0.29, 0.717) is 29.2 Å². The minimum atomic E-state index is -0.675. The predicted molar refractivity (Wildman–Crippen MR) is 120 cm³/mol. The van der Waals surface area contributed by atoms with Crippen LogP contribution in [0.1, 0.15) is 86.5 Å². The van der Waals surface area contributed by atoms with Crippen LogP contribution >= 0.6 is 0 Å². The molecule has 0 aromatic heterocycles. The van der Waals surface area contributed by atoms with E-state index < -0.39 is 17.6 Å². The zero-order valence-electron chi connectivity index (χ0n) is 20.6. The van der Waals surface area contributed by atoms with Gasteiger partial charge in [0.15, 0.2) is 0 Å². The van der Waals surface area contributed by atoms with Crippen LogP contribution in [0.25, 0.3) is 0 Å². The second-order valence-corrected chi connectivity index (χ2v) is 13.0. The molecule has 5 heteroatoms. The largest absolute Gasteiger partial charge is 0.462 e. The van der Waals surface area contributed by atoms with Gasteiger partial charge in [-0.1, -0.05) is 41.0 Å². The first-order chi connectivity index (χ1) is 14.8. The molecule has 1 N–H and O–H groups in total. The summed E-state index contributed by atoms with van der Waals surface area (Å²) in [6, 6.07) is 0. The molecular weight excluding hydrogens is 404 g/mol. The number of carbonyl (C=O) groups excluding carboxylic acids is 2. The number of hydrogen-bond donors (Lipinski definition) is 1. The SMILES string of the molecule is CC(=O)O[C@@H]1CC2[C@@](C)(CC[C@H]3C(C)(C)CCC[C@]23C)[C@@H]2C[C@H](O)C3=CC(=O)O[C@@H]3[C@]21C. The summed E-state index contributed by atoms with van der Waals surface area (Å²) >= 11 is 0. The fraction of sp³-hybridized carbons (Fsp3) is 0.852. The molecule has 4 fully saturated rings. The quantitative estimate of drug-likeness (QED) is 0.588. The molecular formula is C27H40O5. The molecule has 4 aliphatic carbocycles. The third-order valence-corrected chi connectivity index (χ3v) is 11.1. The molecule has 5 aliphatic rings.